The Balaban J connectivity index is 2.14. The van der Waals surface area contributed by atoms with Crippen molar-refractivity contribution in [3.05, 3.63) is 35.7 Å². The van der Waals surface area contributed by atoms with Gasteiger partial charge in [0.2, 0.25) is 5.95 Å². The molecule has 1 amide bonds. The van der Waals surface area contributed by atoms with E-state index in [1.165, 1.54) is 6.20 Å². The number of hydrogen-bond acceptors (Lipinski definition) is 4. The van der Waals surface area contributed by atoms with Crippen molar-refractivity contribution in [3.8, 4) is 0 Å². The number of aromatic nitrogens is 4. The molecule has 0 spiro atoms. The molecular formula is C9H8FN5O. The second-order valence-electron chi connectivity index (χ2n) is 3.09. The highest BCUT2D eigenvalue weighted by Gasteiger charge is 2.09. The van der Waals surface area contributed by atoms with Crippen molar-refractivity contribution in [2.24, 2.45) is 0 Å². The summed E-state index contributed by atoms with van der Waals surface area (Å²) in [7, 11) is 0. The van der Waals surface area contributed by atoms with Gasteiger partial charge in [-0.2, -0.15) is 4.98 Å². The van der Waals surface area contributed by atoms with Gasteiger partial charge in [-0.25, -0.2) is 4.39 Å². The molecule has 0 saturated carbocycles. The molecule has 2 heterocycles. The third-order valence-corrected chi connectivity index (χ3v) is 1.79. The summed E-state index contributed by atoms with van der Waals surface area (Å²) in [5, 5.41) is 8.70. The van der Waals surface area contributed by atoms with Crippen molar-refractivity contribution in [3.63, 3.8) is 0 Å². The van der Waals surface area contributed by atoms with Gasteiger partial charge in [-0.1, -0.05) is 0 Å². The average molecular weight is 221 g/mol. The molecule has 16 heavy (non-hydrogen) atoms. The van der Waals surface area contributed by atoms with Crippen LogP contribution in [0.3, 0.4) is 0 Å². The van der Waals surface area contributed by atoms with Gasteiger partial charge >= 0.3 is 0 Å². The lowest BCUT2D eigenvalue weighted by molar-refractivity contribution is 0.102. The number of aryl methyl sites for hydroxylation is 1. The minimum Gasteiger partial charge on any atom is -0.289 e. The van der Waals surface area contributed by atoms with Crippen LogP contribution in [0.4, 0.5) is 10.3 Å². The molecule has 0 saturated heterocycles. The molecule has 82 valence electrons. The second-order valence-corrected chi connectivity index (χ2v) is 3.09. The molecule has 0 radical (unpaired) electrons. The number of aromatic amines is 1. The van der Waals surface area contributed by atoms with Crippen LogP contribution in [0.15, 0.2) is 18.5 Å². The predicted molar refractivity (Wildman–Crippen MR) is 53.3 cm³/mol. The first-order chi connectivity index (χ1) is 7.65. The molecule has 0 atom stereocenters. The number of halogens is 1. The normalized spacial score (nSPS) is 10.1. The van der Waals surface area contributed by atoms with E-state index in [0.717, 1.165) is 12.3 Å². The number of hydrogen-bond donors (Lipinski definition) is 2. The largest absolute Gasteiger partial charge is 0.289 e. The number of anilines is 1. The van der Waals surface area contributed by atoms with E-state index < -0.39 is 11.7 Å². The van der Waals surface area contributed by atoms with Crippen molar-refractivity contribution in [1.29, 1.82) is 0 Å². The van der Waals surface area contributed by atoms with Gasteiger partial charge in [0.05, 0.1) is 11.8 Å². The number of carbonyl (C=O) groups is 1. The van der Waals surface area contributed by atoms with E-state index in [1.807, 2.05) is 0 Å². The lowest BCUT2D eigenvalue weighted by atomic mass is 10.2. The Bertz CT molecular complexity index is 524. The number of rotatable bonds is 2. The molecule has 2 aromatic heterocycles. The number of nitrogens with one attached hydrogen (secondary N) is 2. The predicted octanol–water partition coefficient (Wildman–Crippen LogP) is 0.900. The molecule has 0 aliphatic rings. The molecule has 2 rings (SSSR count). The van der Waals surface area contributed by atoms with E-state index in [4.69, 9.17) is 0 Å². The summed E-state index contributed by atoms with van der Waals surface area (Å²) in [5.74, 6) is -0.357. The number of amides is 1. The highest BCUT2D eigenvalue weighted by Crippen LogP contribution is 2.04. The highest BCUT2D eigenvalue weighted by molar-refractivity contribution is 6.03. The Kier molecular flexibility index (Phi) is 2.59. The van der Waals surface area contributed by atoms with Gasteiger partial charge in [0.15, 0.2) is 0 Å². The zero-order valence-electron chi connectivity index (χ0n) is 8.36. The van der Waals surface area contributed by atoms with E-state index in [1.54, 1.807) is 6.92 Å². The third kappa shape index (κ3) is 2.19. The molecule has 2 aromatic rings. The molecule has 0 aliphatic carbocycles. The maximum Gasteiger partial charge on any atom is 0.259 e. The first kappa shape index (κ1) is 10.2. The summed E-state index contributed by atoms with van der Waals surface area (Å²) >= 11 is 0. The van der Waals surface area contributed by atoms with Crippen LogP contribution in [0.25, 0.3) is 0 Å². The second kappa shape index (κ2) is 4.05. The van der Waals surface area contributed by atoms with Crippen molar-refractivity contribution in [2.45, 2.75) is 6.92 Å². The van der Waals surface area contributed by atoms with E-state index >= 15 is 0 Å². The Morgan fingerprint density at radius 2 is 2.31 bits per heavy atom. The minimum absolute atomic E-state index is 0.113. The molecule has 0 aliphatic heterocycles. The SMILES string of the molecule is Cc1nc(NC(=O)c2cncc(F)c2)n[nH]1. The summed E-state index contributed by atoms with van der Waals surface area (Å²) in [6.45, 7) is 1.70. The van der Waals surface area contributed by atoms with Gasteiger partial charge in [0.1, 0.15) is 11.6 Å². The van der Waals surface area contributed by atoms with Gasteiger partial charge in [0.25, 0.3) is 5.91 Å². The summed E-state index contributed by atoms with van der Waals surface area (Å²) in [6, 6.07) is 1.09. The lowest BCUT2D eigenvalue weighted by Gasteiger charge is -1.99. The van der Waals surface area contributed by atoms with Crippen molar-refractivity contribution >= 4 is 11.9 Å². The Morgan fingerprint density at radius 1 is 1.50 bits per heavy atom. The van der Waals surface area contributed by atoms with Crippen LogP contribution in [0.5, 0.6) is 0 Å². The summed E-state index contributed by atoms with van der Waals surface area (Å²) in [6.07, 6.45) is 2.28. The fraction of sp³-hybridized carbons (Fsp3) is 0.111. The fourth-order valence-electron chi connectivity index (χ4n) is 1.11. The molecular weight excluding hydrogens is 213 g/mol. The Labute approximate surface area is 89.9 Å². The summed E-state index contributed by atoms with van der Waals surface area (Å²) in [5.41, 5.74) is 0.113. The third-order valence-electron chi connectivity index (χ3n) is 1.79. The van der Waals surface area contributed by atoms with Gasteiger partial charge in [0, 0.05) is 6.20 Å². The van der Waals surface area contributed by atoms with Gasteiger partial charge in [-0.3, -0.25) is 20.2 Å². The van der Waals surface area contributed by atoms with Gasteiger partial charge in [-0.15, -0.1) is 5.10 Å². The van der Waals surface area contributed by atoms with Crippen molar-refractivity contribution in [1.82, 2.24) is 20.2 Å². The number of H-pyrrole nitrogens is 1. The first-order valence-electron chi connectivity index (χ1n) is 4.46. The van der Waals surface area contributed by atoms with E-state index in [0.29, 0.717) is 5.82 Å². The van der Waals surface area contributed by atoms with E-state index in [-0.39, 0.29) is 11.5 Å². The standard InChI is InChI=1S/C9H8FN5O/c1-5-12-9(15-14-5)13-8(16)6-2-7(10)4-11-3-6/h2-4H,1H3,(H2,12,13,14,15,16). The monoisotopic (exact) mass is 221 g/mol. The number of nitrogens with zero attached hydrogens (tertiary/aromatic N) is 3. The Hall–Kier alpha value is -2.31. The fourth-order valence-corrected chi connectivity index (χ4v) is 1.11. The van der Waals surface area contributed by atoms with Crippen LogP contribution in [-0.4, -0.2) is 26.1 Å². The maximum absolute atomic E-state index is 12.8. The zero-order chi connectivity index (χ0) is 11.5. The molecule has 7 heteroatoms. The lowest BCUT2D eigenvalue weighted by Crippen LogP contribution is -2.13. The van der Waals surface area contributed by atoms with E-state index in [2.05, 4.69) is 25.5 Å². The molecule has 0 bridgehead atoms. The molecule has 2 N–H and O–H groups in total. The Morgan fingerprint density at radius 3 is 2.94 bits per heavy atom. The van der Waals surface area contributed by atoms with Crippen LogP contribution in [0, 0.1) is 12.7 Å². The van der Waals surface area contributed by atoms with E-state index in [9.17, 15) is 9.18 Å². The highest BCUT2D eigenvalue weighted by atomic mass is 19.1. The first-order valence-corrected chi connectivity index (χ1v) is 4.46. The van der Waals surface area contributed by atoms with Crippen molar-refractivity contribution in [2.75, 3.05) is 5.32 Å². The number of pyridine rings is 1. The van der Waals surface area contributed by atoms with Crippen LogP contribution in [-0.2, 0) is 0 Å². The maximum atomic E-state index is 12.8. The zero-order valence-corrected chi connectivity index (χ0v) is 8.36. The molecule has 0 unspecified atom stereocenters. The van der Waals surface area contributed by atoms with Gasteiger partial charge in [-0.05, 0) is 13.0 Å². The van der Waals surface area contributed by atoms with Crippen LogP contribution in [0.1, 0.15) is 16.2 Å². The molecule has 6 nitrogen and oxygen atoms in total. The average Bonchev–Trinajstić information content (AvgIpc) is 2.64. The van der Waals surface area contributed by atoms with Crippen LogP contribution < -0.4 is 5.32 Å². The molecule has 0 fully saturated rings. The van der Waals surface area contributed by atoms with Crippen molar-refractivity contribution < 1.29 is 9.18 Å². The topological polar surface area (TPSA) is 83.6 Å². The smallest absolute Gasteiger partial charge is 0.259 e. The summed E-state index contributed by atoms with van der Waals surface area (Å²) in [4.78, 5) is 19.0. The van der Waals surface area contributed by atoms with Crippen LogP contribution >= 0.6 is 0 Å². The number of carbonyl (C=O) groups excluding carboxylic acids is 1. The summed E-state index contributed by atoms with van der Waals surface area (Å²) < 4.78 is 12.8. The molecule has 0 aromatic carbocycles. The minimum atomic E-state index is -0.571. The van der Waals surface area contributed by atoms with Crippen LogP contribution in [0.2, 0.25) is 0 Å². The van der Waals surface area contributed by atoms with Gasteiger partial charge < -0.3 is 0 Å². The quantitative estimate of drug-likeness (QED) is 0.789.